The Morgan fingerprint density at radius 1 is 0.923 bits per heavy atom. The molecule has 0 atom stereocenters. The number of aromatic nitrogens is 1. The van der Waals surface area contributed by atoms with E-state index in [4.69, 9.17) is 25.7 Å². The highest BCUT2D eigenvalue weighted by Crippen LogP contribution is 2.45. The van der Waals surface area contributed by atoms with Gasteiger partial charge in [-0.05, 0) is 17.7 Å². The van der Waals surface area contributed by atoms with Crippen LogP contribution in [0, 0.1) is 0 Å². The van der Waals surface area contributed by atoms with E-state index in [1.165, 1.54) is 11.3 Å². The molecule has 0 aliphatic heterocycles. The number of hydrogen-bond acceptors (Lipinski definition) is 7. The normalized spacial score (nSPS) is 10.6. The lowest BCUT2D eigenvalue weighted by Gasteiger charge is -2.14. The molecule has 0 aliphatic carbocycles. The molecular formula is C19H21N3O3S. The third-order valence-electron chi connectivity index (χ3n) is 4.03. The van der Waals surface area contributed by atoms with Crippen LogP contribution in [0.15, 0.2) is 36.4 Å². The monoisotopic (exact) mass is 371 g/mol. The van der Waals surface area contributed by atoms with Gasteiger partial charge in [-0.3, -0.25) is 0 Å². The van der Waals surface area contributed by atoms with Crippen LogP contribution in [0.1, 0.15) is 5.56 Å². The molecule has 4 N–H and O–H groups in total. The van der Waals surface area contributed by atoms with Crippen LogP contribution in [0.3, 0.4) is 0 Å². The van der Waals surface area contributed by atoms with Crippen molar-refractivity contribution < 1.29 is 14.2 Å². The summed E-state index contributed by atoms with van der Waals surface area (Å²) in [5, 5.41) is 0.492. The third-order valence-corrected chi connectivity index (χ3v) is 4.97. The summed E-state index contributed by atoms with van der Waals surface area (Å²) >= 11 is 1.41. The topological polar surface area (TPSA) is 92.6 Å². The molecule has 0 bridgehead atoms. The molecule has 1 aromatic heterocycles. The van der Waals surface area contributed by atoms with Gasteiger partial charge in [-0.1, -0.05) is 35.6 Å². The molecule has 7 heteroatoms. The summed E-state index contributed by atoms with van der Waals surface area (Å²) in [4.78, 5) is 5.45. The van der Waals surface area contributed by atoms with E-state index in [2.05, 4.69) is 4.98 Å². The van der Waals surface area contributed by atoms with E-state index < -0.39 is 0 Å². The van der Waals surface area contributed by atoms with E-state index in [1.807, 2.05) is 36.4 Å². The maximum atomic E-state index is 6.01. The maximum absolute atomic E-state index is 6.01. The predicted molar refractivity (Wildman–Crippen MR) is 105 cm³/mol. The molecule has 0 spiro atoms. The fourth-order valence-corrected chi connectivity index (χ4v) is 3.58. The summed E-state index contributed by atoms with van der Waals surface area (Å²) in [5.41, 5.74) is 15.4. The van der Waals surface area contributed by atoms with Crippen molar-refractivity contribution >= 4 is 16.5 Å². The minimum Gasteiger partial charge on any atom is -0.493 e. The van der Waals surface area contributed by atoms with Crippen LogP contribution in [0.5, 0.6) is 17.2 Å². The van der Waals surface area contributed by atoms with Crippen molar-refractivity contribution in [3.63, 3.8) is 0 Å². The number of rotatable bonds is 6. The number of nitrogens with two attached hydrogens (primary N) is 2. The molecule has 3 aromatic rings. The summed E-state index contributed by atoms with van der Waals surface area (Å²) in [6.07, 6.45) is 0. The molecule has 0 amide bonds. The lowest BCUT2D eigenvalue weighted by Crippen LogP contribution is -1.96. The largest absolute Gasteiger partial charge is 0.493 e. The average molecular weight is 371 g/mol. The Labute approximate surface area is 156 Å². The zero-order valence-electron chi connectivity index (χ0n) is 14.9. The first-order valence-corrected chi connectivity index (χ1v) is 8.79. The summed E-state index contributed by atoms with van der Waals surface area (Å²) in [7, 11) is 4.76. The molecule has 0 radical (unpaired) electrons. The van der Waals surface area contributed by atoms with Crippen molar-refractivity contribution in [3.8, 4) is 38.9 Å². The fraction of sp³-hybridized carbons (Fsp3) is 0.211. The van der Waals surface area contributed by atoms with Crippen LogP contribution < -0.4 is 25.7 Å². The predicted octanol–water partition coefficient (Wildman–Crippen LogP) is 3.54. The highest BCUT2D eigenvalue weighted by molar-refractivity contribution is 7.19. The number of nitrogen functional groups attached to an aromatic ring is 1. The van der Waals surface area contributed by atoms with Crippen molar-refractivity contribution in [2.45, 2.75) is 6.54 Å². The first-order valence-electron chi connectivity index (χ1n) is 7.97. The van der Waals surface area contributed by atoms with E-state index >= 15 is 0 Å². The molecule has 0 unspecified atom stereocenters. The number of thiazole rings is 1. The molecule has 0 saturated heterocycles. The smallest absolute Gasteiger partial charge is 0.203 e. The SMILES string of the molecule is COc1cc(-c2sc(N)nc2-c2ccc(CN)cc2)cc(OC)c1OC. The van der Waals surface area contributed by atoms with Gasteiger partial charge < -0.3 is 25.7 Å². The molecule has 3 rings (SSSR count). The number of ether oxygens (including phenoxy) is 3. The van der Waals surface area contributed by atoms with Gasteiger partial charge in [0.1, 0.15) is 0 Å². The zero-order valence-corrected chi connectivity index (χ0v) is 15.7. The zero-order chi connectivity index (χ0) is 18.7. The van der Waals surface area contributed by atoms with Gasteiger partial charge in [-0.15, -0.1) is 0 Å². The van der Waals surface area contributed by atoms with Crippen LogP contribution in [0.2, 0.25) is 0 Å². The molecule has 0 saturated carbocycles. The van der Waals surface area contributed by atoms with E-state index in [-0.39, 0.29) is 0 Å². The quantitative estimate of drug-likeness (QED) is 0.688. The Hall–Kier alpha value is -2.77. The van der Waals surface area contributed by atoms with E-state index in [0.29, 0.717) is 28.9 Å². The molecule has 136 valence electrons. The van der Waals surface area contributed by atoms with Gasteiger partial charge in [0.05, 0.1) is 31.9 Å². The summed E-state index contributed by atoms with van der Waals surface area (Å²) in [6.45, 7) is 0.499. The average Bonchev–Trinajstić information content (AvgIpc) is 3.08. The van der Waals surface area contributed by atoms with E-state index in [9.17, 15) is 0 Å². The minimum absolute atomic E-state index is 0.492. The van der Waals surface area contributed by atoms with Gasteiger partial charge in [0.2, 0.25) is 5.75 Å². The summed E-state index contributed by atoms with van der Waals surface area (Å²) in [5.74, 6) is 1.71. The van der Waals surface area contributed by atoms with Crippen molar-refractivity contribution in [1.29, 1.82) is 0 Å². The van der Waals surface area contributed by atoms with Crippen molar-refractivity contribution in [2.75, 3.05) is 27.1 Å². The lowest BCUT2D eigenvalue weighted by atomic mass is 10.0. The van der Waals surface area contributed by atoms with Gasteiger partial charge >= 0.3 is 0 Å². The Balaban J connectivity index is 2.15. The molecular weight excluding hydrogens is 350 g/mol. The first kappa shape index (κ1) is 18.0. The van der Waals surface area contributed by atoms with Crippen LogP contribution >= 0.6 is 11.3 Å². The lowest BCUT2D eigenvalue weighted by molar-refractivity contribution is 0.324. The van der Waals surface area contributed by atoms with Crippen molar-refractivity contribution in [2.24, 2.45) is 5.73 Å². The Morgan fingerprint density at radius 2 is 1.54 bits per heavy atom. The van der Waals surface area contributed by atoms with Gasteiger partial charge in [-0.25, -0.2) is 4.98 Å². The third kappa shape index (κ3) is 3.31. The second-order valence-corrected chi connectivity index (χ2v) is 6.58. The summed E-state index contributed by atoms with van der Waals surface area (Å²) in [6, 6.07) is 11.8. The van der Waals surface area contributed by atoms with Crippen LogP contribution in [-0.2, 0) is 6.54 Å². The number of benzene rings is 2. The standard InChI is InChI=1S/C19H21N3O3S/c1-23-14-8-13(9-15(24-2)17(14)25-3)18-16(22-19(21)26-18)12-6-4-11(10-20)5-7-12/h4-9H,10,20H2,1-3H3,(H2,21,22). The summed E-state index contributed by atoms with van der Waals surface area (Å²) < 4.78 is 16.3. The van der Waals surface area contributed by atoms with Gasteiger partial charge in [0, 0.05) is 17.7 Å². The molecule has 26 heavy (non-hydrogen) atoms. The van der Waals surface area contributed by atoms with E-state index in [0.717, 1.165) is 27.3 Å². The Morgan fingerprint density at radius 3 is 2.04 bits per heavy atom. The molecule has 0 aliphatic rings. The second-order valence-electron chi connectivity index (χ2n) is 5.54. The molecule has 2 aromatic carbocycles. The van der Waals surface area contributed by atoms with Gasteiger partial charge in [0.15, 0.2) is 16.6 Å². The number of methoxy groups -OCH3 is 3. The number of hydrogen-bond donors (Lipinski definition) is 2. The number of anilines is 1. The highest BCUT2D eigenvalue weighted by atomic mass is 32.1. The Bertz CT molecular complexity index is 882. The molecule has 0 fully saturated rings. The molecule has 6 nitrogen and oxygen atoms in total. The van der Waals surface area contributed by atoms with Crippen LogP contribution in [0.4, 0.5) is 5.13 Å². The van der Waals surface area contributed by atoms with Crippen molar-refractivity contribution in [1.82, 2.24) is 4.98 Å². The highest BCUT2D eigenvalue weighted by Gasteiger charge is 2.19. The van der Waals surface area contributed by atoms with Gasteiger partial charge in [-0.2, -0.15) is 0 Å². The first-order chi connectivity index (χ1) is 12.6. The minimum atomic E-state index is 0.492. The Kier molecular flexibility index (Phi) is 5.29. The van der Waals surface area contributed by atoms with E-state index in [1.54, 1.807) is 21.3 Å². The fourth-order valence-electron chi connectivity index (χ4n) is 2.74. The van der Waals surface area contributed by atoms with Crippen LogP contribution in [0.25, 0.3) is 21.7 Å². The van der Waals surface area contributed by atoms with Crippen LogP contribution in [-0.4, -0.2) is 26.3 Å². The molecule has 1 heterocycles. The number of nitrogens with zero attached hydrogens (tertiary/aromatic N) is 1. The van der Waals surface area contributed by atoms with Gasteiger partial charge in [0.25, 0.3) is 0 Å². The second kappa shape index (κ2) is 7.63. The van der Waals surface area contributed by atoms with Crippen molar-refractivity contribution in [3.05, 3.63) is 42.0 Å². The maximum Gasteiger partial charge on any atom is 0.203 e.